The highest BCUT2D eigenvalue weighted by molar-refractivity contribution is 6.74. The van der Waals surface area contributed by atoms with Gasteiger partial charge in [0.1, 0.15) is 0 Å². The minimum atomic E-state index is -1.86. The number of carbonyl (C=O) groups is 2. The number of carbonyl (C=O) groups excluding carboxylic acids is 2. The summed E-state index contributed by atoms with van der Waals surface area (Å²) >= 11 is 0. The summed E-state index contributed by atoms with van der Waals surface area (Å²) < 4.78 is 10.7. The molecule has 6 heteroatoms. The zero-order valence-electron chi connectivity index (χ0n) is 12.8. The van der Waals surface area contributed by atoms with Crippen molar-refractivity contribution in [3.63, 3.8) is 0 Å². The summed E-state index contributed by atoms with van der Waals surface area (Å²) in [6.45, 7) is 11.2. The Balaban J connectivity index is 2.67. The molecule has 110 valence electrons. The third-order valence-electron chi connectivity index (χ3n) is 4.14. The van der Waals surface area contributed by atoms with Crippen LogP contribution in [0.4, 0.5) is 4.79 Å². The van der Waals surface area contributed by atoms with Crippen molar-refractivity contribution in [2.45, 2.75) is 57.8 Å². The van der Waals surface area contributed by atoms with Crippen LogP contribution in [0, 0.1) is 0 Å². The summed E-state index contributed by atoms with van der Waals surface area (Å²) in [5.74, 6) is -0.171. The summed E-state index contributed by atoms with van der Waals surface area (Å²) in [5, 5.41) is 0.117. The number of nitrogens with zero attached hydrogens (tertiary/aromatic N) is 1. The molecule has 1 saturated heterocycles. The zero-order chi connectivity index (χ0) is 14.8. The second kappa shape index (κ2) is 5.62. The minimum Gasteiger partial charge on any atom is -0.452 e. The third-order valence-corrected chi connectivity index (χ3v) is 8.64. The normalized spacial score (nSPS) is 20.8. The lowest BCUT2D eigenvalue weighted by Crippen LogP contribution is -2.46. The van der Waals surface area contributed by atoms with Crippen LogP contribution in [0.25, 0.3) is 0 Å². The van der Waals surface area contributed by atoms with Crippen LogP contribution in [0.2, 0.25) is 18.1 Å². The van der Waals surface area contributed by atoms with Crippen molar-refractivity contribution in [1.82, 2.24) is 4.90 Å². The predicted molar refractivity (Wildman–Crippen MR) is 75.4 cm³/mol. The molecular weight excluding hydrogens is 262 g/mol. The standard InChI is InChI=1S/C13H25NO4Si/c1-13(2,3)19(5,6)18-9-10-7-8-11(15)14(10)12(16)17-4/h10H,7-9H2,1-6H3/t10-/m0/s1. The van der Waals surface area contributed by atoms with Crippen molar-refractivity contribution in [1.29, 1.82) is 0 Å². The molecule has 0 N–H and O–H groups in total. The van der Waals surface area contributed by atoms with E-state index in [1.165, 1.54) is 12.0 Å². The van der Waals surface area contributed by atoms with Gasteiger partial charge in [0.05, 0.1) is 19.8 Å². The number of likely N-dealkylation sites (tertiary alicyclic amines) is 1. The van der Waals surface area contributed by atoms with Crippen molar-refractivity contribution in [3.05, 3.63) is 0 Å². The Hall–Kier alpha value is -0.883. The average molecular weight is 287 g/mol. The quantitative estimate of drug-likeness (QED) is 0.749. The van der Waals surface area contributed by atoms with Gasteiger partial charge in [0.15, 0.2) is 8.32 Å². The predicted octanol–water partition coefficient (Wildman–Crippen LogP) is 2.77. The first-order valence-corrected chi connectivity index (χ1v) is 9.55. The lowest BCUT2D eigenvalue weighted by molar-refractivity contribution is -0.127. The van der Waals surface area contributed by atoms with Crippen molar-refractivity contribution in [2.24, 2.45) is 0 Å². The van der Waals surface area contributed by atoms with E-state index in [-0.39, 0.29) is 17.0 Å². The molecule has 0 aliphatic carbocycles. The SMILES string of the molecule is COC(=O)N1C(=O)CC[C@H]1CO[Si](C)(C)C(C)(C)C. The number of rotatable bonds is 3. The highest BCUT2D eigenvalue weighted by atomic mass is 28.4. The molecule has 0 unspecified atom stereocenters. The summed E-state index contributed by atoms with van der Waals surface area (Å²) in [7, 11) is -0.568. The van der Waals surface area contributed by atoms with Gasteiger partial charge in [0.25, 0.3) is 0 Å². The molecule has 0 radical (unpaired) electrons. The molecule has 1 atom stereocenters. The Bertz CT molecular complexity index is 362. The number of methoxy groups -OCH3 is 1. The Morgan fingerprint density at radius 3 is 2.47 bits per heavy atom. The van der Waals surface area contributed by atoms with Crippen molar-refractivity contribution in [2.75, 3.05) is 13.7 Å². The fourth-order valence-electron chi connectivity index (χ4n) is 1.77. The Kier molecular flexibility index (Phi) is 4.79. The van der Waals surface area contributed by atoms with Crippen LogP contribution >= 0.6 is 0 Å². The lowest BCUT2D eigenvalue weighted by Gasteiger charge is -2.37. The van der Waals surface area contributed by atoms with Gasteiger partial charge < -0.3 is 9.16 Å². The summed E-state index contributed by atoms with van der Waals surface area (Å²) in [6.07, 6.45) is 0.467. The molecular formula is C13H25NO4Si. The van der Waals surface area contributed by atoms with Gasteiger partial charge in [-0.05, 0) is 24.6 Å². The molecule has 1 heterocycles. The fraction of sp³-hybridized carbons (Fsp3) is 0.846. The van der Waals surface area contributed by atoms with E-state index in [1.807, 2.05) is 0 Å². The maximum Gasteiger partial charge on any atom is 0.416 e. The van der Waals surface area contributed by atoms with Gasteiger partial charge in [0.2, 0.25) is 5.91 Å². The van der Waals surface area contributed by atoms with Crippen LogP contribution in [0.15, 0.2) is 0 Å². The number of amides is 2. The highest BCUT2D eigenvalue weighted by Crippen LogP contribution is 2.37. The lowest BCUT2D eigenvalue weighted by atomic mass is 10.2. The molecule has 0 spiro atoms. The number of hydrogen-bond donors (Lipinski definition) is 0. The van der Waals surface area contributed by atoms with Gasteiger partial charge in [-0.3, -0.25) is 4.79 Å². The van der Waals surface area contributed by atoms with Crippen molar-refractivity contribution in [3.8, 4) is 0 Å². The molecule has 0 bridgehead atoms. The van der Waals surface area contributed by atoms with Crippen LogP contribution in [0.3, 0.4) is 0 Å². The molecule has 2 amide bonds. The summed E-state index contributed by atoms with van der Waals surface area (Å²) in [5.41, 5.74) is 0. The van der Waals surface area contributed by atoms with Crippen LogP contribution in [0.5, 0.6) is 0 Å². The molecule has 0 saturated carbocycles. The molecule has 19 heavy (non-hydrogen) atoms. The van der Waals surface area contributed by atoms with E-state index in [9.17, 15) is 9.59 Å². The van der Waals surface area contributed by atoms with Gasteiger partial charge in [-0.1, -0.05) is 20.8 Å². The van der Waals surface area contributed by atoms with Crippen molar-refractivity contribution < 1.29 is 18.8 Å². The molecule has 0 aromatic heterocycles. The van der Waals surface area contributed by atoms with Gasteiger partial charge >= 0.3 is 6.09 Å². The van der Waals surface area contributed by atoms with Crippen LogP contribution < -0.4 is 0 Å². The molecule has 1 rings (SSSR count). The molecule has 0 aromatic rings. The maximum atomic E-state index is 11.7. The van der Waals surface area contributed by atoms with E-state index < -0.39 is 14.4 Å². The largest absolute Gasteiger partial charge is 0.452 e. The average Bonchev–Trinajstić information content (AvgIpc) is 2.65. The fourth-order valence-corrected chi connectivity index (χ4v) is 2.81. The smallest absolute Gasteiger partial charge is 0.416 e. The van der Waals surface area contributed by atoms with Crippen LogP contribution in [0.1, 0.15) is 33.6 Å². The van der Waals surface area contributed by atoms with Crippen LogP contribution in [-0.4, -0.2) is 45.0 Å². The first kappa shape index (κ1) is 16.2. The van der Waals surface area contributed by atoms with E-state index in [2.05, 4.69) is 38.6 Å². The van der Waals surface area contributed by atoms with E-state index in [4.69, 9.17) is 4.43 Å². The van der Waals surface area contributed by atoms with Gasteiger partial charge in [-0.25, -0.2) is 9.69 Å². The molecule has 1 aliphatic heterocycles. The van der Waals surface area contributed by atoms with E-state index >= 15 is 0 Å². The Morgan fingerprint density at radius 2 is 2.00 bits per heavy atom. The highest BCUT2D eigenvalue weighted by Gasteiger charge is 2.41. The van der Waals surface area contributed by atoms with E-state index in [0.29, 0.717) is 19.4 Å². The summed E-state index contributed by atoms with van der Waals surface area (Å²) in [4.78, 5) is 24.5. The third kappa shape index (κ3) is 3.57. The molecule has 5 nitrogen and oxygen atoms in total. The number of hydrogen-bond acceptors (Lipinski definition) is 4. The maximum absolute atomic E-state index is 11.7. The summed E-state index contributed by atoms with van der Waals surface area (Å²) in [6, 6.07) is -0.186. The van der Waals surface area contributed by atoms with Gasteiger partial charge in [-0.15, -0.1) is 0 Å². The molecule has 1 fully saturated rings. The number of ether oxygens (including phenoxy) is 1. The monoisotopic (exact) mass is 287 g/mol. The first-order chi connectivity index (χ1) is 8.60. The van der Waals surface area contributed by atoms with E-state index in [1.54, 1.807) is 0 Å². The second-order valence-corrected chi connectivity index (χ2v) is 11.3. The first-order valence-electron chi connectivity index (χ1n) is 6.64. The molecule has 0 aromatic carbocycles. The van der Waals surface area contributed by atoms with Gasteiger partial charge in [-0.2, -0.15) is 0 Å². The van der Waals surface area contributed by atoms with Crippen molar-refractivity contribution >= 4 is 20.3 Å². The number of imide groups is 1. The molecule has 1 aliphatic rings. The zero-order valence-corrected chi connectivity index (χ0v) is 13.8. The Labute approximate surface area is 116 Å². The minimum absolute atomic E-state index is 0.117. The topological polar surface area (TPSA) is 55.8 Å². The van der Waals surface area contributed by atoms with Gasteiger partial charge in [0, 0.05) is 6.42 Å². The van der Waals surface area contributed by atoms with Crippen LogP contribution in [-0.2, 0) is 14.0 Å². The Morgan fingerprint density at radius 1 is 1.42 bits per heavy atom. The second-order valence-electron chi connectivity index (χ2n) is 6.50. The van der Waals surface area contributed by atoms with E-state index in [0.717, 1.165) is 0 Å².